The Morgan fingerprint density at radius 2 is 1.29 bits per heavy atom. The number of carbonyl (C=O) groups is 3. The maximum Gasteiger partial charge on any atom is 0.338 e. The molecule has 0 aliphatic rings. The maximum atomic E-state index is 11.7. The van der Waals surface area contributed by atoms with Crippen molar-refractivity contribution in [2.24, 2.45) is 0 Å². The minimum absolute atomic E-state index is 0.0340. The Morgan fingerprint density at radius 3 is 1.89 bits per heavy atom. The minimum Gasteiger partial charge on any atom is -0.486 e. The van der Waals surface area contributed by atoms with Crippen LogP contribution in [0.5, 0.6) is 17.2 Å². The standard InChI is InChI=1S/C27H30O8/c1-6-25(28)33-15-13-31-23-12-9-21(17-24(23)32-14-16-34-26(29)18(2)3)20-7-10-22(11-8-20)35-27(30)19(4)5/h7-12,17H,2,4,6,13-16H2,1,3,5H3. The molecule has 2 aromatic carbocycles. The van der Waals surface area contributed by atoms with Crippen molar-refractivity contribution in [3.05, 3.63) is 66.8 Å². The van der Waals surface area contributed by atoms with Crippen molar-refractivity contribution in [1.82, 2.24) is 0 Å². The molecule has 0 unspecified atom stereocenters. The van der Waals surface area contributed by atoms with Crippen LogP contribution in [0.4, 0.5) is 0 Å². The molecule has 0 fully saturated rings. The Balaban J connectivity index is 2.13. The number of carbonyl (C=O) groups excluding carboxylic acids is 3. The van der Waals surface area contributed by atoms with Crippen LogP contribution in [-0.2, 0) is 23.9 Å². The molecule has 0 aliphatic carbocycles. The van der Waals surface area contributed by atoms with E-state index in [0.29, 0.717) is 28.4 Å². The average Bonchev–Trinajstić information content (AvgIpc) is 2.84. The highest BCUT2D eigenvalue weighted by atomic mass is 16.6. The highest BCUT2D eigenvalue weighted by Crippen LogP contribution is 2.33. The van der Waals surface area contributed by atoms with Crippen LogP contribution in [0, 0.1) is 0 Å². The Labute approximate surface area is 205 Å². The number of hydrogen-bond acceptors (Lipinski definition) is 8. The van der Waals surface area contributed by atoms with Crippen molar-refractivity contribution >= 4 is 17.9 Å². The van der Waals surface area contributed by atoms with Gasteiger partial charge in [-0.05, 0) is 49.2 Å². The first-order chi connectivity index (χ1) is 16.7. The number of benzene rings is 2. The van der Waals surface area contributed by atoms with Gasteiger partial charge in [-0.2, -0.15) is 0 Å². The highest BCUT2D eigenvalue weighted by molar-refractivity contribution is 5.89. The lowest BCUT2D eigenvalue weighted by molar-refractivity contribution is -0.144. The van der Waals surface area contributed by atoms with E-state index in [1.165, 1.54) is 0 Å². The molecule has 8 nitrogen and oxygen atoms in total. The van der Waals surface area contributed by atoms with E-state index in [0.717, 1.165) is 11.1 Å². The first-order valence-corrected chi connectivity index (χ1v) is 11.1. The van der Waals surface area contributed by atoms with Crippen LogP contribution in [0.2, 0.25) is 0 Å². The fourth-order valence-electron chi connectivity index (χ4n) is 2.65. The van der Waals surface area contributed by atoms with Gasteiger partial charge in [-0.25, -0.2) is 9.59 Å². The zero-order valence-electron chi connectivity index (χ0n) is 20.3. The number of ether oxygens (including phenoxy) is 5. The Hall–Kier alpha value is -4.07. The van der Waals surface area contributed by atoms with Gasteiger partial charge in [-0.3, -0.25) is 4.79 Å². The van der Waals surface area contributed by atoms with Crippen LogP contribution in [0.25, 0.3) is 11.1 Å². The molecule has 0 atom stereocenters. The SMILES string of the molecule is C=C(C)C(=O)OCCOc1cc(-c2ccc(OC(=O)C(=C)C)cc2)ccc1OCCOC(=O)CC. The van der Waals surface area contributed by atoms with Gasteiger partial charge in [0, 0.05) is 17.6 Å². The molecule has 8 heteroatoms. The summed E-state index contributed by atoms with van der Waals surface area (Å²) < 4.78 is 26.9. The highest BCUT2D eigenvalue weighted by Gasteiger charge is 2.11. The summed E-state index contributed by atoms with van der Waals surface area (Å²) in [5, 5.41) is 0. The minimum atomic E-state index is -0.496. The van der Waals surface area contributed by atoms with Crippen LogP contribution in [0.1, 0.15) is 27.2 Å². The number of hydrogen-bond donors (Lipinski definition) is 0. The van der Waals surface area contributed by atoms with Gasteiger partial charge < -0.3 is 23.7 Å². The summed E-state index contributed by atoms with van der Waals surface area (Å²) in [4.78, 5) is 34.6. The lowest BCUT2D eigenvalue weighted by atomic mass is 10.0. The second-order valence-corrected chi connectivity index (χ2v) is 7.54. The molecule has 0 aliphatic heterocycles. The second kappa shape index (κ2) is 13.6. The van der Waals surface area contributed by atoms with Crippen LogP contribution < -0.4 is 14.2 Å². The zero-order valence-corrected chi connectivity index (χ0v) is 20.3. The third-order valence-electron chi connectivity index (χ3n) is 4.51. The quantitative estimate of drug-likeness (QED) is 0.176. The number of rotatable bonds is 13. The van der Waals surface area contributed by atoms with Crippen molar-refractivity contribution in [2.75, 3.05) is 26.4 Å². The average molecular weight is 483 g/mol. The van der Waals surface area contributed by atoms with E-state index in [4.69, 9.17) is 23.7 Å². The summed E-state index contributed by atoms with van der Waals surface area (Å²) in [7, 11) is 0. The van der Waals surface area contributed by atoms with Gasteiger partial charge in [0.05, 0.1) is 0 Å². The third kappa shape index (κ3) is 9.00. The molecule has 0 spiro atoms. The summed E-state index contributed by atoms with van der Waals surface area (Å²) in [5.74, 6) is -0.0276. The summed E-state index contributed by atoms with van der Waals surface area (Å²) in [5.41, 5.74) is 2.28. The van der Waals surface area contributed by atoms with Gasteiger partial charge in [0.2, 0.25) is 0 Å². The molecular formula is C27H30O8. The number of esters is 3. The van der Waals surface area contributed by atoms with Crippen molar-refractivity contribution in [3.8, 4) is 28.4 Å². The molecule has 186 valence electrons. The molecular weight excluding hydrogens is 452 g/mol. The molecule has 0 N–H and O–H groups in total. The molecule has 0 saturated heterocycles. The molecule has 0 amide bonds. The first kappa shape index (κ1) is 27.2. The lowest BCUT2D eigenvalue weighted by Gasteiger charge is -2.15. The first-order valence-electron chi connectivity index (χ1n) is 11.1. The van der Waals surface area contributed by atoms with Crippen LogP contribution in [0.15, 0.2) is 66.8 Å². The molecule has 0 bridgehead atoms. The van der Waals surface area contributed by atoms with Gasteiger partial charge >= 0.3 is 17.9 Å². The van der Waals surface area contributed by atoms with E-state index in [9.17, 15) is 14.4 Å². The predicted molar refractivity (Wildman–Crippen MR) is 130 cm³/mol. The van der Waals surface area contributed by atoms with Crippen LogP contribution in [0.3, 0.4) is 0 Å². The van der Waals surface area contributed by atoms with Crippen molar-refractivity contribution in [1.29, 1.82) is 0 Å². The topological polar surface area (TPSA) is 97.4 Å². The van der Waals surface area contributed by atoms with E-state index in [2.05, 4.69) is 13.2 Å². The summed E-state index contributed by atoms with van der Waals surface area (Å²) >= 11 is 0. The Kier molecular flexibility index (Phi) is 10.6. The fourth-order valence-corrected chi connectivity index (χ4v) is 2.65. The van der Waals surface area contributed by atoms with Gasteiger partial charge in [0.25, 0.3) is 0 Å². The van der Waals surface area contributed by atoms with E-state index in [-0.39, 0.29) is 38.8 Å². The third-order valence-corrected chi connectivity index (χ3v) is 4.51. The zero-order chi connectivity index (χ0) is 25.8. The molecule has 0 heterocycles. The van der Waals surface area contributed by atoms with Gasteiger partial charge in [0.1, 0.15) is 32.2 Å². The molecule has 35 heavy (non-hydrogen) atoms. The monoisotopic (exact) mass is 482 g/mol. The summed E-state index contributed by atoms with van der Waals surface area (Å²) in [6.45, 7) is 12.3. The Morgan fingerprint density at radius 1 is 0.714 bits per heavy atom. The normalized spacial score (nSPS) is 10.1. The Bertz CT molecular complexity index is 1070. The fraction of sp³-hybridized carbons (Fsp3) is 0.296. The van der Waals surface area contributed by atoms with Gasteiger partial charge in [-0.1, -0.05) is 38.3 Å². The largest absolute Gasteiger partial charge is 0.486 e. The van der Waals surface area contributed by atoms with E-state index in [1.807, 2.05) is 6.07 Å². The smallest absolute Gasteiger partial charge is 0.338 e. The van der Waals surface area contributed by atoms with Gasteiger partial charge in [-0.15, -0.1) is 0 Å². The van der Waals surface area contributed by atoms with Gasteiger partial charge in [0.15, 0.2) is 11.5 Å². The summed E-state index contributed by atoms with van der Waals surface area (Å²) in [6.07, 6.45) is 0.289. The molecule has 2 aromatic rings. The lowest BCUT2D eigenvalue weighted by Crippen LogP contribution is -2.14. The molecule has 2 rings (SSSR count). The molecule has 0 radical (unpaired) electrons. The molecule has 0 saturated carbocycles. The van der Waals surface area contributed by atoms with Crippen LogP contribution >= 0.6 is 0 Å². The van der Waals surface area contributed by atoms with Crippen LogP contribution in [-0.4, -0.2) is 44.3 Å². The van der Waals surface area contributed by atoms with E-state index < -0.39 is 11.9 Å². The second-order valence-electron chi connectivity index (χ2n) is 7.54. The van der Waals surface area contributed by atoms with E-state index in [1.54, 1.807) is 57.2 Å². The van der Waals surface area contributed by atoms with Crippen molar-refractivity contribution in [3.63, 3.8) is 0 Å². The predicted octanol–water partition coefficient (Wildman–Crippen LogP) is 4.67. The maximum absolute atomic E-state index is 11.7. The van der Waals surface area contributed by atoms with Crippen molar-refractivity contribution < 1.29 is 38.1 Å². The summed E-state index contributed by atoms with van der Waals surface area (Å²) in [6, 6.07) is 12.3. The molecule has 0 aromatic heterocycles. The van der Waals surface area contributed by atoms with E-state index >= 15 is 0 Å². The van der Waals surface area contributed by atoms with Crippen molar-refractivity contribution in [2.45, 2.75) is 27.2 Å².